The monoisotopic (exact) mass is 441 g/mol. The Morgan fingerprint density at radius 3 is 2.23 bits per heavy atom. The third-order valence-electron chi connectivity index (χ3n) is 5.76. The summed E-state index contributed by atoms with van der Waals surface area (Å²) in [6.45, 7) is 4.94. The zero-order valence-corrected chi connectivity index (χ0v) is 19.5. The average molecular weight is 442 g/mol. The van der Waals surface area contributed by atoms with Crippen molar-refractivity contribution in [3.8, 4) is 11.5 Å². The van der Waals surface area contributed by atoms with Gasteiger partial charge in [-0.2, -0.15) is 0 Å². The number of likely N-dealkylation sites (tertiary alicyclic amines) is 1. The number of para-hydroxylation sites is 2. The number of hydrogen-bond acceptors (Lipinski definition) is 7. The molecule has 1 aliphatic carbocycles. The van der Waals surface area contributed by atoms with Gasteiger partial charge in [0.15, 0.2) is 11.5 Å². The van der Waals surface area contributed by atoms with Crippen molar-refractivity contribution < 1.29 is 29.0 Å². The van der Waals surface area contributed by atoms with Crippen molar-refractivity contribution in [2.45, 2.75) is 57.8 Å². The number of phosphoric ester groups is 1. The number of methoxy groups -OCH3 is 2. The van der Waals surface area contributed by atoms with Crippen LogP contribution in [-0.4, -0.2) is 51.0 Å². The zero-order chi connectivity index (χ0) is 21.7. The number of likely N-dealkylation sites (N-methyl/N-ethyl adjacent to an activating group) is 1. The number of ether oxygens (including phenoxy) is 2. The standard InChI is InChI=1S/C14H24NO4P.C8H10O2.H2/c1-10-8-11(2)18-20(16,17-10)19-13-5-4-12-6-7-15(3)14(12)9-13;1-9-7-5-3-4-6-8(7)10-2;/h9-12,14H,4-8H2,1-3H3;3-6H,1-2H3;1H. The Balaban J connectivity index is 0.000000264. The molecule has 170 valence electrons. The van der Waals surface area contributed by atoms with E-state index in [1.165, 1.54) is 6.42 Å². The summed E-state index contributed by atoms with van der Waals surface area (Å²) < 4.78 is 39.1. The van der Waals surface area contributed by atoms with Gasteiger partial charge in [-0.3, -0.25) is 13.9 Å². The van der Waals surface area contributed by atoms with Crippen LogP contribution in [0.5, 0.6) is 11.5 Å². The first-order valence-electron chi connectivity index (χ1n) is 10.6. The number of benzene rings is 1. The molecule has 2 saturated heterocycles. The fourth-order valence-electron chi connectivity index (χ4n) is 4.30. The van der Waals surface area contributed by atoms with Gasteiger partial charge >= 0.3 is 7.82 Å². The summed E-state index contributed by atoms with van der Waals surface area (Å²) in [4.78, 5) is 2.33. The minimum atomic E-state index is -3.44. The molecule has 8 heteroatoms. The number of allylic oxidation sites excluding steroid dienone is 1. The zero-order valence-electron chi connectivity index (χ0n) is 18.6. The van der Waals surface area contributed by atoms with E-state index < -0.39 is 7.82 Å². The number of nitrogens with zero attached hydrogens (tertiary/aromatic N) is 1. The molecule has 0 bridgehead atoms. The lowest BCUT2D eigenvalue weighted by Crippen LogP contribution is -2.30. The fourth-order valence-corrected chi connectivity index (χ4v) is 5.93. The van der Waals surface area contributed by atoms with Crippen LogP contribution < -0.4 is 9.47 Å². The molecule has 2 aliphatic heterocycles. The summed E-state index contributed by atoms with van der Waals surface area (Å²) in [5.41, 5.74) is 0. The molecular formula is C22H36NO6P. The van der Waals surface area contributed by atoms with E-state index in [4.69, 9.17) is 23.0 Å². The summed E-state index contributed by atoms with van der Waals surface area (Å²) in [5.74, 6) is 3.01. The van der Waals surface area contributed by atoms with E-state index in [9.17, 15) is 4.57 Å². The Bertz CT molecular complexity index is 754. The molecule has 0 N–H and O–H groups in total. The van der Waals surface area contributed by atoms with Gasteiger partial charge in [0, 0.05) is 20.3 Å². The van der Waals surface area contributed by atoms with Crippen LogP contribution in [0.4, 0.5) is 0 Å². The van der Waals surface area contributed by atoms with Gasteiger partial charge in [0.1, 0.15) is 5.76 Å². The number of phosphoric acid groups is 1. The van der Waals surface area contributed by atoms with E-state index >= 15 is 0 Å². The Labute approximate surface area is 181 Å². The Hall–Kier alpha value is -1.53. The highest BCUT2D eigenvalue weighted by Gasteiger charge is 2.41. The van der Waals surface area contributed by atoms with E-state index in [2.05, 4.69) is 18.0 Å². The van der Waals surface area contributed by atoms with Crippen molar-refractivity contribution in [3.63, 3.8) is 0 Å². The highest BCUT2D eigenvalue weighted by Crippen LogP contribution is 2.57. The van der Waals surface area contributed by atoms with Crippen molar-refractivity contribution in [3.05, 3.63) is 36.1 Å². The molecule has 0 amide bonds. The van der Waals surface area contributed by atoms with Crippen LogP contribution in [0, 0.1) is 5.92 Å². The molecule has 0 radical (unpaired) electrons. The lowest BCUT2D eigenvalue weighted by atomic mass is 9.89. The minimum absolute atomic E-state index is 0. The molecule has 4 atom stereocenters. The largest absolute Gasteiger partial charge is 0.530 e. The molecular weight excluding hydrogens is 405 g/mol. The van der Waals surface area contributed by atoms with Gasteiger partial charge in [-0.15, -0.1) is 0 Å². The second-order valence-electron chi connectivity index (χ2n) is 8.15. The first-order chi connectivity index (χ1) is 14.3. The first-order valence-corrected chi connectivity index (χ1v) is 12.0. The normalized spacial score (nSPS) is 33.6. The van der Waals surface area contributed by atoms with Crippen molar-refractivity contribution in [2.75, 3.05) is 27.8 Å². The topological polar surface area (TPSA) is 66.5 Å². The average Bonchev–Trinajstić information content (AvgIpc) is 3.07. The molecule has 0 spiro atoms. The van der Waals surface area contributed by atoms with E-state index in [1.807, 2.05) is 38.1 Å². The second kappa shape index (κ2) is 10.2. The summed E-state index contributed by atoms with van der Waals surface area (Å²) in [7, 11) is 1.94. The smallest absolute Gasteiger partial charge is 0.493 e. The molecule has 1 aromatic carbocycles. The van der Waals surface area contributed by atoms with Crippen LogP contribution >= 0.6 is 7.82 Å². The third-order valence-corrected chi connectivity index (χ3v) is 7.46. The number of rotatable bonds is 4. The van der Waals surface area contributed by atoms with Gasteiger partial charge in [-0.05, 0) is 64.4 Å². The highest BCUT2D eigenvalue weighted by molar-refractivity contribution is 7.48. The fraction of sp³-hybridized carbons (Fsp3) is 0.636. The van der Waals surface area contributed by atoms with E-state index in [0.717, 1.165) is 43.1 Å². The van der Waals surface area contributed by atoms with Crippen molar-refractivity contribution in [1.29, 1.82) is 0 Å². The maximum absolute atomic E-state index is 12.6. The van der Waals surface area contributed by atoms with E-state index in [-0.39, 0.29) is 13.6 Å². The summed E-state index contributed by atoms with van der Waals surface area (Å²) in [6.07, 6.45) is 5.84. The second-order valence-corrected chi connectivity index (χ2v) is 9.65. The van der Waals surface area contributed by atoms with Gasteiger partial charge in [-0.1, -0.05) is 12.1 Å². The maximum Gasteiger partial charge on any atom is 0.530 e. The summed E-state index contributed by atoms with van der Waals surface area (Å²) >= 11 is 0. The van der Waals surface area contributed by atoms with Crippen molar-refractivity contribution in [2.24, 2.45) is 5.92 Å². The highest BCUT2D eigenvalue weighted by atomic mass is 31.2. The lowest BCUT2D eigenvalue weighted by molar-refractivity contribution is 0.0104. The summed E-state index contributed by atoms with van der Waals surface area (Å²) in [5, 5.41) is 0. The molecule has 2 heterocycles. The van der Waals surface area contributed by atoms with E-state index in [1.54, 1.807) is 14.2 Å². The maximum atomic E-state index is 12.6. The van der Waals surface area contributed by atoms with Crippen LogP contribution in [0.15, 0.2) is 36.1 Å². The van der Waals surface area contributed by atoms with Gasteiger partial charge in [-0.25, -0.2) is 4.57 Å². The van der Waals surface area contributed by atoms with Crippen LogP contribution in [-0.2, 0) is 18.1 Å². The van der Waals surface area contributed by atoms with Crippen LogP contribution in [0.25, 0.3) is 0 Å². The van der Waals surface area contributed by atoms with Gasteiger partial charge in [0.05, 0.1) is 26.4 Å². The third kappa shape index (κ3) is 5.79. The SMILES string of the molecule is CC1CC(C)OP(=O)(OC2=CC3C(CC2)CCN3C)O1.COc1ccccc1OC.[HH]. The van der Waals surface area contributed by atoms with E-state index in [0.29, 0.717) is 12.0 Å². The molecule has 7 nitrogen and oxygen atoms in total. The molecule has 0 saturated carbocycles. The first kappa shape index (κ1) is 23.1. The van der Waals surface area contributed by atoms with Crippen molar-refractivity contribution >= 4 is 7.82 Å². The lowest BCUT2D eigenvalue weighted by Gasteiger charge is -2.33. The molecule has 4 unspecified atom stereocenters. The molecule has 1 aromatic rings. The Kier molecular flexibility index (Phi) is 7.86. The summed E-state index contributed by atoms with van der Waals surface area (Å²) in [6, 6.07) is 7.94. The molecule has 0 aromatic heterocycles. The Morgan fingerprint density at radius 2 is 1.67 bits per heavy atom. The molecule has 3 aliphatic rings. The van der Waals surface area contributed by atoms with Crippen LogP contribution in [0.2, 0.25) is 0 Å². The number of hydrogen-bond donors (Lipinski definition) is 0. The molecule has 2 fully saturated rings. The van der Waals surface area contributed by atoms with Gasteiger partial charge < -0.3 is 14.0 Å². The predicted octanol–water partition coefficient (Wildman–Crippen LogP) is 5.27. The van der Waals surface area contributed by atoms with Gasteiger partial charge in [0.25, 0.3) is 0 Å². The van der Waals surface area contributed by atoms with Crippen molar-refractivity contribution in [1.82, 2.24) is 4.90 Å². The predicted molar refractivity (Wildman–Crippen MR) is 118 cm³/mol. The minimum Gasteiger partial charge on any atom is -0.493 e. The van der Waals surface area contributed by atoms with Gasteiger partial charge in [0.2, 0.25) is 0 Å². The number of fused-ring (bicyclic) bond motifs is 1. The molecule has 30 heavy (non-hydrogen) atoms. The molecule has 4 rings (SSSR count). The van der Waals surface area contributed by atoms with Crippen LogP contribution in [0.3, 0.4) is 0 Å². The quantitative estimate of drug-likeness (QED) is 0.590. The Morgan fingerprint density at radius 1 is 1.07 bits per heavy atom. The van der Waals surface area contributed by atoms with Crippen LogP contribution in [0.1, 0.15) is 41.0 Å².